The molecule has 1 aliphatic rings. The van der Waals surface area contributed by atoms with Gasteiger partial charge in [0.2, 0.25) is 0 Å². The molecule has 0 spiro atoms. The van der Waals surface area contributed by atoms with Crippen molar-refractivity contribution in [2.24, 2.45) is 0 Å². The highest BCUT2D eigenvalue weighted by molar-refractivity contribution is 5.98. The van der Waals surface area contributed by atoms with E-state index in [1.807, 2.05) is 16.7 Å². The van der Waals surface area contributed by atoms with E-state index in [-0.39, 0.29) is 0 Å². The van der Waals surface area contributed by atoms with Crippen LogP contribution in [0.4, 0.5) is 0 Å². The van der Waals surface area contributed by atoms with E-state index >= 15 is 0 Å². The van der Waals surface area contributed by atoms with Crippen LogP contribution in [0.5, 0.6) is 0 Å². The predicted molar refractivity (Wildman–Crippen MR) is 118 cm³/mol. The summed E-state index contributed by atoms with van der Waals surface area (Å²) in [5.41, 5.74) is 5.81. The van der Waals surface area contributed by atoms with Crippen molar-refractivity contribution in [3.63, 3.8) is 0 Å². The normalized spacial score (nSPS) is 15.1. The van der Waals surface area contributed by atoms with E-state index < -0.39 is 5.97 Å². The van der Waals surface area contributed by atoms with E-state index in [0.29, 0.717) is 24.8 Å². The van der Waals surface area contributed by atoms with Crippen molar-refractivity contribution < 1.29 is 9.90 Å². The van der Waals surface area contributed by atoms with Gasteiger partial charge in [-0.1, -0.05) is 55.7 Å². The largest absolute Gasteiger partial charge is 0.477 e. The fraction of sp³-hybridized carbons (Fsp3) is 0.400. The molecule has 1 aliphatic carbocycles. The summed E-state index contributed by atoms with van der Waals surface area (Å²) in [7, 11) is 0. The summed E-state index contributed by atoms with van der Waals surface area (Å²) in [5.74, 6) is -0.854. The average Bonchev–Trinajstić information content (AvgIpc) is 3.01. The van der Waals surface area contributed by atoms with Gasteiger partial charge < -0.3 is 15.0 Å². The van der Waals surface area contributed by atoms with Crippen LogP contribution in [0.2, 0.25) is 0 Å². The Morgan fingerprint density at radius 3 is 2.59 bits per heavy atom. The number of fused-ring (bicyclic) bond motifs is 1. The van der Waals surface area contributed by atoms with Gasteiger partial charge in [-0.2, -0.15) is 0 Å². The van der Waals surface area contributed by atoms with E-state index in [0.717, 1.165) is 27.6 Å². The maximum atomic E-state index is 12.4. The first-order valence-electron chi connectivity index (χ1n) is 10.7. The second-order valence-corrected chi connectivity index (χ2v) is 8.38. The number of benzene rings is 2. The lowest BCUT2D eigenvalue weighted by atomic mass is 9.95. The highest BCUT2D eigenvalue weighted by atomic mass is 16.4. The summed E-state index contributed by atoms with van der Waals surface area (Å²) in [6.45, 7) is 5.31. The molecule has 1 fully saturated rings. The van der Waals surface area contributed by atoms with Gasteiger partial charge in [0.05, 0.1) is 0 Å². The number of hydrogen-bond acceptors (Lipinski definition) is 2. The molecule has 1 saturated carbocycles. The Morgan fingerprint density at radius 1 is 1.10 bits per heavy atom. The molecule has 2 N–H and O–H groups in total. The minimum absolute atomic E-state index is 0.414. The minimum atomic E-state index is -0.854. The number of nitrogens with one attached hydrogen (secondary N) is 1. The number of aryl methyl sites for hydroxylation is 2. The Labute approximate surface area is 172 Å². The van der Waals surface area contributed by atoms with Crippen LogP contribution in [0, 0.1) is 13.8 Å². The standard InChI is InChI=1S/C25H30N2O2/c1-17-12-13-21-22(15-26-20-10-4-3-5-11-20)24(25(28)29)27(23(21)14-17)16-19-9-7-6-8-18(19)2/h6-9,12-14,20,26H,3-5,10-11,15-16H2,1-2H3,(H,28,29). The topological polar surface area (TPSA) is 54.3 Å². The molecule has 0 unspecified atom stereocenters. The van der Waals surface area contributed by atoms with Gasteiger partial charge in [0.15, 0.2) is 0 Å². The number of nitrogens with zero attached hydrogens (tertiary/aromatic N) is 1. The summed E-state index contributed by atoms with van der Waals surface area (Å²) in [6, 6.07) is 15.0. The van der Waals surface area contributed by atoms with Gasteiger partial charge in [0.25, 0.3) is 0 Å². The molecule has 4 nitrogen and oxygen atoms in total. The number of carboxylic acids is 1. The van der Waals surface area contributed by atoms with Gasteiger partial charge >= 0.3 is 5.97 Å². The molecule has 29 heavy (non-hydrogen) atoms. The average molecular weight is 391 g/mol. The summed E-state index contributed by atoms with van der Waals surface area (Å²) < 4.78 is 1.99. The van der Waals surface area contributed by atoms with Crippen LogP contribution in [0.15, 0.2) is 42.5 Å². The summed E-state index contributed by atoms with van der Waals surface area (Å²) in [4.78, 5) is 12.4. The van der Waals surface area contributed by atoms with Crippen molar-refractivity contribution >= 4 is 16.9 Å². The maximum absolute atomic E-state index is 12.4. The van der Waals surface area contributed by atoms with E-state index in [1.54, 1.807) is 0 Å². The van der Waals surface area contributed by atoms with Crippen molar-refractivity contribution in [3.05, 3.63) is 70.4 Å². The highest BCUT2D eigenvalue weighted by Gasteiger charge is 2.24. The van der Waals surface area contributed by atoms with Crippen molar-refractivity contribution in [2.75, 3.05) is 0 Å². The zero-order chi connectivity index (χ0) is 20.4. The van der Waals surface area contributed by atoms with Crippen LogP contribution in [0.25, 0.3) is 10.9 Å². The number of aromatic nitrogens is 1. The van der Waals surface area contributed by atoms with Crippen LogP contribution in [0.3, 0.4) is 0 Å². The van der Waals surface area contributed by atoms with Gasteiger partial charge in [0.1, 0.15) is 5.69 Å². The third kappa shape index (κ3) is 4.08. The Hall–Kier alpha value is -2.59. The number of rotatable bonds is 6. The van der Waals surface area contributed by atoms with Gasteiger partial charge in [0, 0.05) is 35.6 Å². The van der Waals surface area contributed by atoms with E-state index in [9.17, 15) is 9.90 Å². The first-order valence-corrected chi connectivity index (χ1v) is 10.7. The van der Waals surface area contributed by atoms with E-state index in [2.05, 4.69) is 49.5 Å². The molecule has 2 aromatic carbocycles. The van der Waals surface area contributed by atoms with Gasteiger partial charge in [-0.15, -0.1) is 0 Å². The zero-order valence-electron chi connectivity index (χ0n) is 17.4. The molecule has 0 saturated heterocycles. The number of carboxylic acid groups (broad SMARTS) is 1. The minimum Gasteiger partial charge on any atom is -0.477 e. The highest BCUT2D eigenvalue weighted by Crippen LogP contribution is 2.30. The molecule has 0 radical (unpaired) electrons. The molecule has 1 heterocycles. The fourth-order valence-corrected chi connectivity index (χ4v) is 4.63. The lowest BCUT2D eigenvalue weighted by Gasteiger charge is -2.23. The summed E-state index contributed by atoms with van der Waals surface area (Å²) in [5, 5.41) is 14.9. The molecular formula is C25H30N2O2. The van der Waals surface area contributed by atoms with Crippen molar-refractivity contribution in [2.45, 2.75) is 65.1 Å². The lowest BCUT2D eigenvalue weighted by molar-refractivity contribution is 0.0684. The molecular weight excluding hydrogens is 360 g/mol. The summed E-state index contributed by atoms with van der Waals surface area (Å²) in [6.07, 6.45) is 6.20. The lowest BCUT2D eigenvalue weighted by Crippen LogP contribution is -2.31. The van der Waals surface area contributed by atoms with Crippen LogP contribution in [0.1, 0.15) is 64.8 Å². The Kier molecular flexibility index (Phi) is 5.72. The Morgan fingerprint density at radius 2 is 1.86 bits per heavy atom. The SMILES string of the molecule is Cc1ccc2c(CNC3CCCCC3)c(C(=O)O)n(Cc3ccccc3C)c2c1. The first kappa shape index (κ1) is 19.7. The third-order valence-electron chi connectivity index (χ3n) is 6.29. The quantitative estimate of drug-likeness (QED) is 0.590. The first-order chi connectivity index (χ1) is 14.0. The van der Waals surface area contributed by atoms with E-state index in [4.69, 9.17) is 0 Å². The molecule has 4 rings (SSSR count). The second kappa shape index (κ2) is 8.42. The van der Waals surface area contributed by atoms with Gasteiger partial charge in [-0.05, 0) is 49.4 Å². The van der Waals surface area contributed by atoms with Crippen LogP contribution < -0.4 is 5.32 Å². The molecule has 0 amide bonds. The van der Waals surface area contributed by atoms with Crippen LogP contribution in [-0.2, 0) is 13.1 Å². The summed E-state index contributed by atoms with van der Waals surface area (Å²) >= 11 is 0. The monoisotopic (exact) mass is 390 g/mol. The molecule has 1 aromatic heterocycles. The zero-order valence-corrected chi connectivity index (χ0v) is 17.4. The van der Waals surface area contributed by atoms with E-state index in [1.165, 1.54) is 37.7 Å². The second-order valence-electron chi connectivity index (χ2n) is 8.38. The van der Waals surface area contributed by atoms with Crippen LogP contribution in [-0.4, -0.2) is 21.7 Å². The van der Waals surface area contributed by atoms with Gasteiger partial charge in [-0.3, -0.25) is 0 Å². The molecule has 0 aliphatic heterocycles. The molecule has 3 aromatic rings. The molecule has 0 atom stereocenters. The number of hydrogen-bond donors (Lipinski definition) is 2. The fourth-order valence-electron chi connectivity index (χ4n) is 4.63. The Balaban J connectivity index is 1.78. The number of aromatic carboxylic acids is 1. The van der Waals surface area contributed by atoms with Crippen LogP contribution >= 0.6 is 0 Å². The predicted octanol–water partition coefficient (Wildman–Crippen LogP) is 5.43. The number of carbonyl (C=O) groups is 1. The van der Waals surface area contributed by atoms with Crippen molar-refractivity contribution in [1.29, 1.82) is 0 Å². The third-order valence-corrected chi connectivity index (χ3v) is 6.29. The molecule has 0 bridgehead atoms. The molecule has 152 valence electrons. The Bertz CT molecular complexity index is 1030. The smallest absolute Gasteiger partial charge is 0.352 e. The van der Waals surface area contributed by atoms with Gasteiger partial charge in [-0.25, -0.2) is 4.79 Å². The van der Waals surface area contributed by atoms with Crippen molar-refractivity contribution in [3.8, 4) is 0 Å². The maximum Gasteiger partial charge on any atom is 0.352 e. The molecule has 4 heteroatoms. The van der Waals surface area contributed by atoms with Crippen molar-refractivity contribution in [1.82, 2.24) is 9.88 Å².